The Morgan fingerprint density at radius 1 is 1.60 bits per heavy atom. The van der Waals surface area contributed by atoms with Crippen LogP contribution in [0.5, 0.6) is 0 Å². The van der Waals surface area contributed by atoms with Crippen LogP contribution in [0.3, 0.4) is 0 Å². The van der Waals surface area contributed by atoms with E-state index in [1.54, 1.807) is 0 Å². The average Bonchev–Trinajstić information content (AvgIpc) is 2.58. The van der Waals surface area contributed by atoms with Crippen LogP contribution < -0.4 is 0 Å². The van der Waals surface area contributed by atoms with E-state index in [2.05, 4.69) is 12.0 Å². The molecule has 0 spiro atoms. The third-order valence-electron chi connectivity index (χ3n) is 1.93. The molecule has 1 heterocycles. The minimum Gasteiger partial charge on any atom is -0.481 e. The maximum Gasteiger partial charge on any atom is 0.313 e. The minimum absolute atomic E-state index is 0.0958. The van der Waals surface area contributed by atoms with Crippen LogP contribution >= 0.6 is 11.8 Å². The second-order valence-corrected chi connectivity index (χ2v) is 4.23. The van der Waals surface area contributed by atoms with Crippen molar-refractivity contribution in [3.8, 4) is 0 Å². The summed E-state index contributed by atoms with van der Waals surface area (Å²) < 4.78 is 1.90. The first-order valence-electron chi connectivity index (χ1n) is 5.08. The lowest BCUT2D eigenvalue weighted by molar-refractivity contribution is -0.133. The minimum atomic E-state index is -0.790. The van der Waals surface area contributed by atoms with Gasteiger partial charge >= 0.3 is 5.97 Å². The summed E-state index contributed by atoms with van der Waals surface area (Å²) in [5.74, 6) is -0.694. The largest absolute Gasteiger partial charge is 0.481 e. The monoisotopic (exact) mass is 228 g/mol. The zero-order chi connectivity index (χ0) is 11.3. The summed E-state index contributed by atoms with van der Waals surface area (Å²) in [6.07, 6.45) is 1.89. The normalized spacial score (nSPS) is 10.5. The number of carboxylic acid groups (broad SMARTS) is 1. The van der Waals surface area contributed by atoms with Gasteiger partial charge in [-0.25, -0.2) is 0 Å². The van der Waals surface area contributed by atoms with E-state index in [9.17, 15) is 4.79 Å². The zero-order valence-corrected chi connectivity index (χ0v) is 9.88. The number of hydrogen-bond donors (Lipinski definition) is 1. The molecule has 0 saturated carbocycles. The highest BCUT2D eigenvalue weighted by Crippen LogP contribution is 2.19. The summed E-state index contributed by atoms with van der Waals surface area (Å²) in [5, 5.41) is 14.0. The van der Waals surface area contributed by atoms with Crippen molar-refractivity contribution < 1.29 is 9.90 Å². The highest BCUT2D eigenvalue weighted by Gasteiger charge is 2.08. The Balaban J connectivity index is 2.73. The van der Waals surface area contributed by atoms with E-state index in [0.717, 1.165) is 30.1 Å². The molecule has 1 aromatic rings. The predicted octanol–water partition coefficient (Wildman–Crippen LogP) is 2.03. The maximum absolute atomic E-state index is 10.5. The van der Waals surface area contributed by atoms with Gasteiger partial charge in [0.15, 0.2) is 0 Å². The lowest BCUT2D eigenvalue weighted by Crippen LogP contribution is -2.03. The Morgan fingerprint density at radius 2 is 2.33 bits per heavy atom. The van der Waals surface area contributed by atoms with Gasteiger partial charge in [-0.3, -0.25) is 9.48 Å². The fraction of sp³-hybridized carbons (Fsp3) is 0.600. The van der Waals surface area contributed by atoms with Crippen molar-refractivity contribution in [2.24, 2.45) is 0 Å². The highest BCUT2D eigenvalue weighted by atomic mass is 32.2. The predicted molar refractivity (Wildman–Crippen MR) is 60.3 cm³/mol. The number of thioether (sulfide) groups is 1. The molecule has 0 saturated heterocycles. The molecule has 1 rings (SSSR count). The standard InChI is InChI=1S/C10H16N2O2S/c1-3-5-12-9(15-7-10(13)14)6-8(4-2)11-12/h6H,3-5,7H2,1-2H3,(H,13,14). The van der Waals surface area contributed by atoms with Gasteiger partial charge in [-0.2, -0.15) is 5.10 Å². The van der Waals surface area contributed by atoms with E-state index in [1.165, 1.54) is 11.8 Å². The molecule has 5 heteroatoms. The summed E-state index contributed by atoms with van der Waals surface area (Å²) in [7, 11) is 0. The van der Waals surface area contributed by atoms with Crippen LogP contribution in [0.1, 0.15) is 26.0 Å². The first-order chi connectivity index (χ1) is 7.17. The van der Waals surface area contributed by atoms with Gasteiger partial charge in [-0.1, -0.05) is 25.6 Å². The molecule has 0 aliphatic rings. The number of aliphatic carboxylic acids is 1. The number of aromatic nitrogens is 2. The molecule has 0 unspecified atom stereocenters. The smallest absolute Gasteiger partial charge is 0.313 e. The van der Waals surface area contributed by atoms with E-state index in [4.69, 9.17) is 5.11 Å². The molecule has 0 aliphatic carbocycles. The quantitative estimate of drug-likeness (QED) is 0.757. The maximum atomic E-state index is 10.5. The average molecular weight is 228 g/mol. The van der Waals surface area contributed by atoms with E-state index in [0.29, 0.717) is 0 Å². The number of hydrogen-bond acceptors (Lipinski definition) is 3. The van der Waals surface area contributed by atoms with Crippen molar-refractivity contribution in [3.05, 3.63) is 11.8 Å². The summed E-state index contributed by atoms with van der Waals surface area (Å²) in [4.78, 5) is 10.5. The molecule has 0 aromatic carbocycles. The number of aryl methyl sites for hydroxylation is 2. The Morgan fingerprint density at radius 3 is 2.87 bits per heavy atom. The van der Waals surface area contributed by atoms with Gasteiger partial charge in [-0.05, 0) is 18.9 Å². The van der Waals surface area contributed by atoms with Crippen molar-refractivity contribution >= 4 is 17.7 Å². The van der Waals surface area contributed by atoms with E-state index < -0.39 is 5.97 Å². The molecular formula is C10H16N2O2S. The van der Waals surface area contributed by atoms with Crippen molar-refractivity contribution in [1.82, 2.24) is 9.78 Å². The van der Waals surface area contributed by atoms with Crippen LogP contribution in [-0.4, -0.2) is 26.6 Å². The molecule has 0 bridgehead atoms. The topological polar surface area (TPSA) is 55.1 Å². The van der Waals surface area contributed by atoms with Crippen molar-refractivity contribution in [2.75, 3.05) is 5.75 Å². The van der Waals surface area contributed by atoms with Crippen LogP contribution in [-0.2, 0) is 17.8 Å². The molecule has 0 fully saturated rings. The van der Waals surface area contributed by atoms with Crippen LogP contribution in [0.25, 0.3) is 0 Å². The van der Waals surface area contributed by atoms with E-state index >= 15 is 0 Å². The number of nitrogens with zero attached hydrogens (tertiary/aromatic N) is 2. The Hall–Kier alpha value is -0.970. The lowest BCUT2D eigenvalue weighted by atomic mass is 10.3. The van der Waals surface area contributed by atoms with Crippen molar-refractivity contribution in [2.45, 2.75) is 38.3 Å². The number of carboxylic acids is 1. The van der Waals surface area contributed by atoms with E-state index in [-0.39, 0.29) is 5.75 Å². The molecule has 4 nitrogen and oxygen atoms in total. The highest BCUT2D eigenvalue weighted by molar-refractivity contribution is 7.99. The van der Waals surface area contributed by atoms with Gasteiger partial charge < -0.3 is 5.11 Å². The summed E-state index contributed by atoms with van der Waals surface area (Å²) in [5.41, 5.74) is 1.02. The van der Waals surface area contributed by atoms with Crippen molar-refractivity contribution in [1.29, 1.82) is 0 Å². The molecule has 0 atom stereocenters. The second kappa shape index (κ2) is 5.80. The first kappa shape index (κ1) is 12.1. The summed E-state index contributed by atoms with van der Waals surface area (Å²) in [6.45, 7) is 4.98. The Bertz CT molecular complexity index is 336. The van der Waals surface area contributed by atoms with Crippen LogP contribution in [0.15, 0.2) is 11.1 Å². The first-order valence-corrected chi connectivity index (χ1v) is 6.07. The molecule has 84 valence electrons. The second-order valence-electron chi connectivity index (χ2n) is 3.23. The lowest BCUT2D eigenvalue weighted by Gasteiger charge is -2.03. The van der Waals surface area contributed by atoms with Gasteiger partial charge in [0.05, 0.1) is 16.5 Å². The SMILES string of the molecule is CCCn1nc(CC)cc1SCC(=O)O. The van der Waals surface area contributed by atoms with Gasteiger partial charge in [0.1, 0.15) is 0 Å². The Labute approximate surface area is 93.7 Å². The molecule has 1 aromatic heterocycles. The summed E-state index contributed by atoms with van der Waals surface area (Å²) in [6, 6.07) is 1.98. The van der Waals surface area contributed by atoms with E-state index in [1.807, 2.05) is 17.7 Å². The van der Waals surface area contributed by atoms with Gasteiger partial charge in [0.25, 0.3) is 0 Å². The fourth-order valence-corrected chi connectivity index (χ4v) is 2.02. The number of carbonyl (C=O) groups is 1. The van der Waals surface area contributed by atoms with Crippen LogP contribution in [0.2, 0.25) is 0 Å². The molecule has 15 heavy (non-hydrogen) atoms. The molecule has 1 N–H and O–H groups in total. The third-order valence-corrected chi connectivity index (χ3v) is 2.95. The van der Waals surface area contributed by atoms with Crippen molar-refractivity contribution in [3.63, 3.8) is 0 Å². The number of rotatable bonds is 6. The summed E-state index contributed by atoms with van der Waals surface area (Å²) >= 11 is 1.33. The van der Waals surface area contributed by atoms with Crippen LogP contribution in [0.4, 0.5) is 0 Å². The molecule has 0 aliphatic heterocycles. The van der Waals surface area contributed by atoms with Gasteiger partial charge in [0.2, 0.25) is 0 Å². The zero-order valence-electron chi connectivity index (χ0n) is 9.06. The molecule has 0 radical (unpaired) electrons. The van der Waals surface area contributed by atoms with Gasteiger partial charge in [0, 0.05) is 6.54 Å². The molecule has 0 amide bonds. The molecular weight excluding hydrogens is 212 g/mol. The Kier molecular flexibility index (Phi) is 4.68. The van der Waals surface area contributed by atoms with Crippen LogP contribution in [0, 0.1) is 0 Å². The van der Waals surface area contributed by atoms with Gasteiger partial charge in [-0.15, -0.1) is 0 Å². The fourth-order valence-electron chi connectivity index (χ4n) is 1.25. The third kappa shape index (κ3) is 3.58.